The predicted molar refractivity (Wildman–Crippen MR) is 116 cm³/mol. The van der Waals surface area contributed by atoms with E-state index in [1.54, 1.807) is 0 Å². The third-order valence-corrected chi connectivity index (χ3v) is 4.50. The molecule has 0 unspecified atom stereocenters. The van der Waals surface area contributed by atoms with Crippen molar-refractivity contribution in [3.63, 3.8) is 0 Å². The van der Waals surface area contributed by atoms with Crippen LogP contribution in [0.15, 0.2) is 0 Å². The van der Waals surface area contributed by atoms with Gasteiger partial charge in [-0.2, -0.15) is 0 Å². The van der Waals surface area contributed by atoms with Gasteiger partial charge in [0.05, 0.1) is 26.4 Å². The van der Waals surface area contributed by atoms with E-state index in [4.69, 9.17) is 15.3 Å². The summed E-state index contributed by atoms with van der Waals surface area (Å²) >= 11 is 0. The first-order chi connectivity index (χ1) is 14.2. The summed E-state index contributed by atoms with van der Waals surface area (Å²) < 4.78 is 0. The molecule has 0 aromatic rings. The van der Waals surface area contributed by atoms with Crippen molar-refractivity contribution in [2.75, 3.05) is 26.4 Å². The molecule has 0 rings (SSSR count). The van der Waals surface area contributed by atoms with Gasteiger partial charge >= 0.3 is 5.97 Å². The normalized spacial score (nSPS) is 10.6. The second-order valence-electron chi connectivity index (χ2n) is 7.32. The van der Waals surface area contributed by atoms with Gasteiger partial charge in [0.25, 0.3) is 0 Å². The molecule has 0 aliphatic heterocycles. The Bertz CT molecular complexity index is 299. The van der Waals surface area contributed by atoms with Crippen molar-refractivity contribution in [1.82, 2.24) is 5.64 Å². The van der Waals surface area contributed by atoms with Crippen LogP contribution in [-0.2, 0) is 14.5 Å². The average molecular weight is 422 g/mol. The van der Waals surface area contributed by atoms with Crippen molar-refractivity contribution < 1.29 is 29.8 Å². The van der Waals surface area contributed by atoms with Crippen LogP contribution in [-0.4, -0.2) is 47.7 Å². The molecule has 7 heteroatoms. The molecule has 0 atom stereocenters. The SMILES string of the molecule is CCCCCCCCCCCCCCCCCC(=O)O.OCCONOCCO. The summed E-state index contributed by atoms with van der Waals surface area (Å²) in [6.45, 7) is 2.49. The molecule has 0 bridgehead atoms. The number of carbonyl (C=O) groups is 1. The number of carboxylic acids is 1. The lowest BCUT2D eigenvalue weighted by Crippen LogP contribution is -2.19. The number of nitrogens with one attached hydrogen (secondary N) is 1. The highest BCUT2D eigenvalue weighted by Crippen LogP contribution is 2.13. The fourth-order valence-corrected chi connectivity index (χ4v) is 2.86. The van der Waals surface area contributed by atoms with Crippen LogP contribution in [0.5, 0.6) is 0 Å². The second kappa shape index (κ2) is 29.5. The van der Waals surface area contributed by atoms with Gasteiger partial charge < -0.3 is 15.3 Å². The molecule has 0 heterocycles. The monoisotopic (exact) mass is 421 g/mol. The Morgan fingerprint density at radius 1 is 0.655 bits per heavy atom. The number of aliphatic hydroxyl groups excluding tert-OH is 2. The first-order valence-corrected chi connectivity index (χ1v) is 11.6. The molecule has 4 N–H and O–H groups in total. The van der Waals surface area contributed by atoms with Crippen LogP contribution in [0.4, 0.5) is 0 Å². The molecule has 0 aliphatic rings. The van der Waals surface area contributed by atoms with Crippen LogP contribution >= 0.6 is 0 Å². The van der Waals surface area contributed by atoms with Crippen LogP contribution in [0.1, 0.15) is 110 Å². The van der Waals surface area contributed by atoms with Crippen LogP contribution in [0.2, 0.25) is 0 Å². The number of unbranched alkanes of at least 4 members (excludes halogenated alkanes) is 14. The van der Waals surface area contributed by atoms with E-state index in [1.165, 1.54) is 83.5 Å². The van der Waals surface area contributed by atoms with Gasteiger partial charge in [-0.1, -0.05) is 102 Å². The van der Waals surface area contributed by atoms with Crippen molar-refractivity contribution in [3.8, 4) is 0 Å². The van der Waals surface area contributed by atoms with E-state index in [1.807, 2.05) is 0 Å². The van der Waals surface area contributed by atoms with Crippen molar-refractivity contribution in [2.24, 2.45) is 0 Å². The molecular formula is C22H47NO6. The minimum absolute atomic E-state index is 0.0600. The fourth-order valence-electron chi connectivity index (χ4n) is 2.86. The zero-order valence-electron chi connectivity index (χ0n) is 18.7. The smallest absolute Gasteiger partial charge is 0.303 e. The van der Waals surface area contributed by atoms with Gasteiger partial charge in [0.2, 0.25) is 0 Å². The van der Waals surface area contributed by atoms with E-state index in [0.717, 1.165) is 12.8 Å². The molecule has 0 fully saturated rings. The molecule has 0 amide bonds. The lowest BCUT2D eigenvalue weighted by Gasteiger charge is -2.03. The molecule has 0 saturated heterocycles. The maximum absolute atomic E-state index is 10.3. The molecule has 0 aromatic heterocycles. The summed E-state index contributed by atoms with van der Waals surface area (Å²) in [6.07, 6.45) is 20.2. The first kappa shape index (κ1) is 30.5. The van der Waals surface area contributed by atoms with Gasteiger partial charge in [0.15, 0.2) is 0 Å². The molecular weight excluding hydrogens is 374 g/mol. The molecule has 0 aromatic carbocycles. The van der Waals surface area contributed by atoms with Gasteiger partial charge in [0, 0.05) is 6.42 Å². The molecule has 29 heavy (non-hydrogen) atoms. The summed E-state index contributed by atoms with van der Waals surface area (Å²) in [4.78, 5) is 19.2. The van der Waals surface area contributed by atoms with Crippen LogP contribution in [0, 0.1) is 0 Å². The third kappa shape index (κ3) is 35.1. The minimum atomic E-state index is -0.653. The quantitative estimate of drug-likeness (QED) is 0.147. The Hall–Kier alpha value is -0.730. The third-order valence-electron chi connectivity index (χ3n) is 4.50. The highest BCUT2D eigenvalue weighted by atomic mass is 16.9. The van der Waals surface area contributed by atoms with Crippen LogP contribution in [0.25, 0.3) is 0 Å². The number of aliphatic carboxylic acids is 1. The van der Waals surface area contributed by atoms with Gasteiger partial charge in [-0.15, -0.1) is 0 Å². The maximum Gasteiger partial charge on any atom is 0.303 e. The summed E-state index contributed by atoms with van der Waals surface area (Å²) in [5, 5.41) is 24.8. The summed E-state index contributed by atoms with van der Waals surface area (Å²) in [7, 11) is 0. The van der Waals surface area contributed by atoms with Crippen LogP contribution < -0.4 is 5.64 Å². The number of hydrogen-bond acceptors (Lipinski definition) is 6. The van der Waals surface area contributed by atoms with Crippen molar-refractivity contribution in [3.05, 3.63) is 0 Å². The second-order valence-corrected chi connectivity index (χ2v) is 7.32. The average Bonchev–Trinajstić information content (AvgIpc) is 2.71. The van der Waals surface area contributed by atoms with Gasteiger partial charge in [0.1, 0.15) is 0 Å². The Morgan fingerprint density at radius 3 is 1.31 bits per heavy atom. The molecule has 7 nitrogen and oxygen atoms in total. The highest BCUT2D eigenvalue weighted by Gasteiger charge is 1.97. The van der Waals surface area contributed by atoms with Gasteiger partial charge in [-0.25, -0.2) is 0 Å². The minimum Gasteiger partial charge on any atom is -0.481 e. The first-order valence-electron chi connectivity index (χ1n) is 11.6. The lowest BCUT2D eigenvalue weighted by atomic mass is 10.0. The maximum atomic E-state index is 10.3. The highest BCUT2D eigenvalue weighted by molar-refractivity contribution is 5.66. The Labute approximate surface area is 178 Å². The molecule has 0 spiro atoms. The van der Waals surface area contributed by atoms with E-state index >= 15 is 0 Å². The largest absolute Gasteiger partial charge is 0.481 e. The Morgan fingerprint density at radius 2 is 1.00 bits per heavy atom. The number of rotatable bonds is 22. The van der Waals surface area contributed by atoms with E-state index in [0.29, 0.717) is 6.42 Å². The predicted octanol–water partition coefficient (Wildman–Crippen LogP) is 4.76. The standard InChI is InChI=1S/C18H36O2.C4H11NO4/c1-2-3-4-5-6-7-8-9-10-11-12-13-14-15-16-17-18(19)20;6-1-3-8-5-9-4-2-7/h2-17H2,1H3,(H,19,20);5-7H,1-4H2. The van der Waals surface area contributed by atoms with E-state index in [2.05, 4.69) is 22.2 Å². The lowest BCUT2D eigenvalue weighted by molar-refractivity contribution is -0.178. The van der Waals surface area contributed by atoms with Gasteiger partial charge in [-0.3, -0.25) is 14.5 Å². The number of hydrogen-bond donors (Lipinski definition) is 4. The topological polar surface area (TPSA) is 108 Å². The van der Waals surface area contributed by atoms with Crippen molar-refractivity contribution in [2.45, 2.75) is 110 Å². The van der Waals surface area contributed by atoms with E-state index in [9.17, 15) is 4.79 Å². The summed E-state index contributed by atoms with van der Waals surface area (Å²) in [6, 6.07) is 0. The molecule has 0 saturated carbocycles. The summed E-state index contributed by atoms with van der Waals surface area (Å²) in [5.74, 6) is -0.653. The Balaban J connectivity index is 0. The molecule has 176 valence electrons. The zero-order chi connectivity index (χ0) is 21.8. The van der Waals surface area contributed by atoms with Gasteiger partial charge in [-0.05, 0) is 6.42 Å². The molecule has 0 radical (unpaired) electrons. The van der Waals surface area contributed by atoms with E-state index < -0.39 is 5.97 Å². The number of aliphatic hydroxyl groups is 2. The summed E-state index contributed by atoms with van der Waals surface area (Å²) in [5.41, 5.74) is 2.07. The van der Waals surface area contributed by atoms with E-state index in [-0.39, 0.29) is 26.4 Å². The van der Waals surface area contributed by atoms with Crippen molar-refractivity contribution in [1.29, 1.82) is 0 Å². The number of carboxylic acid groups (broad SMARTS) is 1. The molecule has 0 aliphatic carbocycles. The van der Waals surface area contributed by atoms with Crippen molar-refractivity contribution >= 4 is 5.97 Å². The Kier molecular flexibility index (Phi) is 31.0. The van der Waals surface area contributed by atoms with Crippen LogP contribution in [0.3, 0.4) is 0 Å². The zero-order valence-corrected chi connectivity index (χ0v) is 18.7. The fraction of sp³-hybridized carbons (Fsp3) is 0.955.